The summed E-state index contributed by atoms with van der Waals surface area (Å²) in [5.74, 6) is 0.728. The normalized spacial score (nSPS) is 30.6. The van der Waals surface area contributed by atoms with Crippen molar-refractivity contribution in [1.82, 2.24) is 20.0 Å². The minimum absolute atomic E-state index is 0.0818. The van der Waals surface area contributed by atoms with Crippen LogP contribution in [0.15, 0.2) is 30.6 Å². The quantitative estimate of drug-likeness (QED) is 0.909. The summed E-state index contributed by atoms with van der Waals surface area (Å²) in [6.07, 6.45) is 7.53. The third-order valence-electron chi connectivity index (χ3n) is 6.94. The number of carbonyl (C=O) groups is 1. The molecule has 2 saturated carbocycles. The topological polar surface area (TPSA) is 58.4 Å². The lowest BCUT2D eigenvalue weighted by Gasteiger charge is -2.39. The molecule has 2 fully saturated rings. The molecule has 2 aliphatic rings. The van der Waals surface area contributed by atoms with Gasteiger partial charge < -0.3 is 15.0 Å². The number of urea groups is 1. The molecule has 0 radical (unpaired) electrons. The first-order valence-corrected chi connectivity index (χ1v) is 8.87. The van der Waals surface area contributed by atoms with E-state index in [1.165, 1.54) is 12.8 Å². The van der Waals surface area contributed by atoms with E-state index >= 15 is 0 Å². The van der Waals surface area contributed by atoms with Crippen LogP contribution < -0.4 is 10.6 Å². The van der Waals surface area contributed by atoms with Gasteiger partial charge >= 0.3 is 6.03 Å². The molecule has 24 heavy (non-hydrogen) atoms. The van der Waals surface area contributed by atoms with E-state index in [2.05, 4.69) is 36.4 Å². The molecule has 2 bridgehead atoms. The van der Waals surface area contributed by atoms with Crippen molar-refractivity contribution in [3.05, 3.63) is 36.3 Å². The third-order valence-corrected chi connectivity index (χ3v) is 6.94. The van der Waals surface area contributed by atoms with Crippen LogP contribution >= 0.6 is 0 Å². The molecular formula is C19H26N4O. The highest BCUT2D eigenvalue weighted by atomic mass is 16.2. The number of fused-ring (bicyclic) bond motifs is 3. The molecule has 0 saturated heterocycles. The molecule has 0 aliphatic heterocycles. The van der Waals surface area contributed by atoms with Gasteiger partial charge in [-0.2, -0.15) is 0 Å². The Kier molecular flexibility index (Phi) is 3.37. The summed E-state index contributed by atoms with van der Waals surface area (Å²) in [4.78, 5) is 16.9. The van der Waals surface area contributed by atoms with Gasteiger partial charge in [0.2, 0.25) is 0 Å². The highest BCUT2D eigenvalue weighted by Crippen LogP contribution is 2.65. The summed E-state index contributed by atoms with van der Waals surface area (Å²) in [7, 11) is 0. The fourth-order valence-corrected chi connectivity index (χ4v) is 4.87. The number of nitrogens with one attached hydrogen (secondary N) is 2. The summed E-state index contributed by atoms with van der Waals surface area (Å²) in [5, 5.41) is 6.19. The van der Waals surface area contributed by atoms with Gasteiger partial charge in [-0.25, -0.2) is 9.78 Å². The molecule has 128 valence electrons. The van der Waals surface area contributed by atoms with Crippen LogP contribution in [0.25, 0.3) is 5.65 Å². The van der Waals surface area contributed by atoms with Gasteiger partial charge in [-0.05, 0) is 48.1 Å². The highest BCUT2D eigenvalue weighted by Gasteiger charge is 2.61. The molecule has 2 aromatic rings. The maximum atomic E-state index is 12.4. The van der Waals surface area contributed by atoms with Gasteiger partial charge in [0.05, 0.1) is 12.2 Å². The third kappa shape index (κ3) is 2.21. The molecule has 5 heteroatoms. The van der Waals surface area contributed by atoms with Crippen LogP contribution in [-0.2, 0) is 6.54 Å². The Labute approximate surface area is 142 Å². The van der Waals surface area contributed by atoms with Crippen LogP contribution in [0.1, 0.15) is 45.7 Å². The Morgan fingerprint density at radius 3 is 2.88 bits per heavy atom. The second-order valence-electron chi connectivity index (χ2n) is 8.19. The highest BCUT2D eigenvalue weighted by molar-refractivity contribution is 5.74. The smallest absolute Gasteiger partial charge is 0.315 e. The molecule has 2 N–H and O–H groups in total. The van der Waals surface area contributed by atoms with Gasteiger partial charge in [0.25, 0.3) is 0 Å². The molecule has 5 nitrogen and oxygen atoms in total. The zero-order valence-corrected chi connectivity index (χ0v) is 14.7. The molecule has 0 aromatic carbocycles. The first kappa shape index (κ1) is 15.5. The van der Waals surface area contributed by atoms with Gasteiger partial charge in [-0.15, -0.1) is 0 Å². The molecule has 3 atom stereocenters. The van der Waals surface area contributed by atoms with Crippen molar-refractivity contribution in [2.24, 2.45) is 16.7 Å². The van der Waals surface area contributed by atoms with E-state index in [9.17, 15) is 4.79 Å². The summed E-state index contributed by atoms with van der Waals surface area (Å²) in [5.41, 5.74) is 2.29. The maximum absolute atomic E-state index is 12.4. The van der Waals surface area contributed by atoms with E-state index in [1.807, 2.05) is 35.0 Å². The predicted molar refractivity (Wildman–Crippen MR) is 93.6 cm³/mol. The van der Waals surface area contributed by atoms with Crippen LogP contribution in [0.4, 0.5) is 4.79 Å². The fraction of sp³-hybridized carbons (Fsp3) is 0.579. The molecule has 2 aliphatic carbocycles. The second-order valence-corrected chi connectivity index (χ2v) is 8.19. The molecular weight excluding hydrogens is 300 g/mol. The van der Waals surface area contributed by atoms with Crippen LogP contribution in [0.3, 0.4) is 0 Å². The first-order valence-electron chi connectivity index (χ1n) is 8.87. The summed E-state index contributed by atoms with van der Waals surface area (Å²) in [6, 6.07) is 6.08. The molecule has 3 unspecified atom stereocenters. The SMILES string of the molecule is CC1(C)C2CCC1(C)C(NC(=O)NCc1cn3ccccc3n1)C2. The Morgan fingerprint density at radius 1 is 1.38 bits per heavy atom. The van der Waals surface area contributed by atoms with Crippen molar-refractivity contribution in [3.63, 3.8) is 0 Å². The van der Waals surface area contributed by atoms with E-state index in [0.29, 0.717) is 12.0 Å². The summed E-state index contributed by atoms with van der Waals surface area (Å²) >= 11 is 0. The number of amides is 2. The zero-order valence-electron chi connectivity index (χ0n) is 14.7. The van der Waals surface area contributed by atoms with Gasteiger partial charge in [0, 0.05) is 18.4 Å². The van der Waals surface area contributed by atoms with E-state index in [0.717, 1.165) is 23.7 Å². The van der Waals surface area contributed by atoms with E-state index in [1.54, 1.807) is 0 Å². The number of aromatic nitrogens is 2. The largest absolute Gasteiger partial charge is 0.335 e. The summed E-state index contributed by atoms with van der Waals surface area (Å²) < 4.78 is 1.97. The van der Waals surface area contributed by atoms with Crippen molar-refractivity contribution in [2.75, 3.05) is 0 Å². The van der Waals surface area contributed by atoms with Gasteiger partial charge in [-0.1, -0.05) is 26.8 Å². The van der Waals surface area contributed by atoms with Crippen LogP contribution in [0.5, 0.6) is 0 Å². The zero-order chi connectivity index (χ0) is 16.9. The lowest BCUT2D eigenvalue weighted by molar-refractivity contribution is 0.123. The minimum Gasteiger partial charge on any atom is -0.335 e. The second kappa shape index (κ2) is 5.23. The van der Waals surface area contributed by atoms with Crippen LogP contribution in [-0.4, -0.2) is 21.5 Å². The average molecular weight is 326 g/mol. The van der Waals surface area contributed by atoms with Gasteiger partial charge in [0.1, 0.15) is 5.65 Å². The number of pyridine rings is 1. The molecule has 4 rings (SSSR count). The van der Waals surface area contributed by atoms with Crippen molar-refractivity contribution < 1.29 is 4.79 Å². The molecule has 2 aromatic heterocycles. The predicted octanol–water partition coefficient (Wildman–Crippen LogP) is 3.35. The molecule has 0 spiro atoms. The van der Waals surface area contributed by atoms with E-state index in [4.69, 9.17) is 0 Å². The standard InChI is InChI=1S/C19H26N4O/c1-18(2)13-7-8-19(18,3)15(10-13)22-17(24)20-11-14-12-23-9-5-4-6-16(23)21-14/h4-6,9,12-13,15H,7-8,10-11H2,1-3H3,(H2,20,22,24). The van der Waals surface area contributed by atoms with Crippen molar-refractivity contribution >= 4 is 11.7 Å². The van der Waals surface area contributed by atoms with Crippen molar-refractivity contribution in [3.8, 4) is 0 Å². The number of hydrogen-bond acceptors (Lipinski definition) is 2. The van der Waals surface area contributed by atoms with Crippen LogP contribution in [0, 0.1) is 16.7 Å². The van der Waals surface area contributed by atoms with E-state index in [-0.39, 0.29) is 17.5 Å². The maximum Gasteiger partial charge on any atom is 0.315 e. The lowest BCUT2D eigenvalue weighted by Crippen LogP contribution is -2.50. The monoisotopic (exact) mass is 326 g/mol. The number of rotatable bonds is 3. The fourth-order valence-electron chi connectivity index (χ4n) is 4.87. The molecule has 2 amide bonds. The Morgan fingerprint density at radius 2 is 2.21 bits per heavy atom. The molecule has 2 heterocycles. The van der Waals surface area contributed by atoms with Gasteiger partial charge in [-0.3, -0.25) is 0 Å². The number of imidazole rings is 1. The summed E-state index contributed by atoms with van der Waals surface area (Å²) in [6.45, 7) is 7.51. The average Bonchev–Trinajstić information content (AvgIpc) is 3.11. The number of hydrogen-bond donors (Lipinski definition) is 2. The van der Waals surface area contributed by atoms with Gasteiger partial charge in [0.15, 0.2) is 0 Å². The Bertz CT molecular complexity index is 748. The van der Waals surface area contributed by atoms with Crippen molar-refractivity contribution in [2.45, 2.75) is 52.6 Å². The van der Waals surface area contributed by atoms with Crippen molar-refractivity contribution in [1.29, 1.82) is 0 Å². The minimum atomic E-state index is -0.0818. The number of nitrogens with zero attached hydrogens (tertiary/aromatic N) is 2. The lowest BCUT2D eigenvalue weighted by atomic mass is 9.69. The number of carbonyl (C=O) groups excluding carboxylic acids is 1. The van der Waals surface area contributed by atoms with E-state index < -0.39 is 0 Å². The first-order chi connectivity index (χ1) is 11.4. The Hall–Kier alpha value is -2.04. The Balaban J connectivity index is 1.37. The van der Waals surface area contributed by atoms with Crippen LogP contribution in [0.2, 0.25) is 0 Å².